The van der Waals surface area contributed by atoms with E-state index in [1.807, 2.05) is 0 Å². The molecule has 2 aromatic carbocycles. The van der Waals surface area contributed by atoms with E-state index in [9.17, 15) is 4.79 Å². The standard InChI is InChI=1S/C33H42N6O2/c1-5-29(40)34-25-13-18-38(19-14-25)31-26-15-20-39(28-12-7-11-24-10-6-9-23(2)30(24)28)21-27(26)35-32(36-31)41-22-33(3)16-8-17-37(33)4/h5-7,9-12,25H,1,8,13-22H2,2-4H3,(H,34,40). The number of fused-ring (bicyclic) bond motifs is 2. The maximum absolute atomic E-state index is 11.9. The minimum Gasteiger partial charge on any atom is -0.461 e. The van der Waals surface area contributed by atoms with E-state index in [2.05, 4.69) is 83.9 Å². The van der Waals surface area contributed by atoms with Gasteiger partial charge in [-0.1, -0.05) is 36.9 Å². The zero-order chi connectivity index (χ0) is 28.6. The lowest BCUT2D eigenvalue weighted by molar-refractivity contribution is -0.117. The number of aryl methyl sites for hydroxylation is 1. The van der Waals surface area contributed by atoms with Crippen LogP contribution in [0.25, 0.3) is 10.8 Å². The van der Waals surface area contributed by atoms with Crippen LogP contribution in [0.3, 0.4) is 0 Å². The Labute approximate surface area is 243 Å². The first-order chi connectivity index (χ1) is 19.8. The third-order valence-electron chi connectivity index (χ3n) is 9.42. The molecule has 1 atom stereocenters. The normalized spacial score (nSPS) is 21.6. The predicted octanol–water partition coefficient (Wildman–Crippen LogP) is 4.64. The molecule has 1 unspecified atom stereocenters. The molecule has 6 rings (SSSR count). The monoisotopic (exact) mass is 554 g/mol. The van der Waals surface area contributed by atoms with Gasteiger partial charge in [-0.25, -0.2) is 0 Å². The summed E-state index contributed by atoms with van der Waals surface area (Å²) in [6, 6.07) is 13.7. The molecule has 2 fully saturated rings. The molecule has 1 N–H and O–H groups in total. The molecule has 2 saturated heterocycles. The number of likely N-dealkylation sites (N-methyl/N-ethyl adjacent to an activating group) is 1. The van der Waals surface area contributed by atoms with Crippen molar-refractivity contribution in [2.45, 2.75) is 64.1 Å². The first-order valence-electron chi connectivity index (χ1n) is 15.0. The molecule has 0 spiro atoms. The fourth-order valence-electron chi connectivity index (χ4n) is 6.75. The molecule has 4 heterocycles. The van der Waals surface area contributed by atoms with Crippen LogP contribution in [0, 0.1) is 6.92 Å². The van der Waals surface area contributed by atoms with Gasteiger partial charge in [-0.05, 0) is 82.6 Å². The van der Waals surface area contributed by atoms with Gasteiger partial charge >= 0.3 is 6.01 Å². The topological polar surface area (TPSA) is 73.8 Å². The van der Waals surface area contributed by atoms with E-state index in [1.165, 1.54) is 40.1 Å². The van der Waals surface area contributed by atoms with Gasteiger partial charge in [0.15, 0.2) is 0 Å². The van der Waals surface area contributed by atoms with Gasteiger partial charge in [-0.15, -0.1) is 0 Å². The van der Waals surface area contributed by atoms with Crippen LogP contribution in [0.5, 0.6) is 6.01 Å². The molecule has 1 amide bonds. The molecule has 8 nitrogen and oxygen atoms in total. The summed E-state index contributed by atoms with van der Waals surface area (Å²) in [6.07, 6.45) is 6.27. The largest absolute Gasteiger partial charge is 0.461 e. The fourth-order valence-corrected chi connectivity index (χ4v) is 6.75. The van der Waals surface area contributed by atoms with Gasteiger partial charge in [0.2, 0.25) is 5.91 Å². The molecule has 0 saturated carbocycles. The van der Waals surface area contributed by atoms with Crippen LogP contribution >= 0.6 is 0 Å². The number of benzene rings is 2. The summed E-state index contributed by atoms with van der Waals surface area (Å²) in [5, 5.41) is 5.64. The first-order valence-corrected chi connectivity index (χ1v) is 15.0. The van der Waals surface area contributed by atoms with Crippen molar-refractivity contribution in [1.82, 2.24) is 20.2 Å². The molecule has 3 aliphatic rings. The summed E-state index contributed by atoms with van der Waals surface area (Å²) in [6.45, 7) is 13.0. The van der Waals surface area contributed by atoms with Crippen molar-refractivity contribution in [1.29, 1.82) is 0 Å². The van der Waals surface area contributed by atoms with Gasteiger partial charge in [-0.3, -0.25) is 9.69 Å². The van der Waals surface area contributed by atoms with E-state index in [-0.39, 0.29) is 17.5 Å². The number of hydrogen-bond donors (Lipinski definition) is 1. The minimum atomic E-state index is -0.104. The number of piperidine rings is 1. The lowest BCUT2D eigenvalue weighted by Crippen LogP contribution is -2.45. The van der Waals surface area contributed by atoms with Crippen LogP contribution in [0.4, 0.5) is 11.5 Å². The highest BCUT2D eigenvalue weighted by molar-refractivity contribution is 5.97. The maximum atomic E-state index is 11.9. The zero-order valence-electron chi connectivity index (χ0n) is 24.7. The molecule has 0 bridgehead atoms. The Morgan fingerprint density at radius 2 is 1.90 bits per heavy atom. The van der Waals surface area contributed by atoms with E-state index >= 15 is 0 Å². The average molecular weight is 555 g/mol. The number of hydrogen-bond acceptors (Lipinski definition) is 7. The van der Waals surface area contributed by atoms with Crippen molar-refractivity contribution in [2.75, 3.05) is 49.6 Å². The first kappa shape index (κ1) is 27.5. The molecule has 0 aliphatic carbocycles. The Bertz CT molecular complexity index is 1440. The second-order valence-electron chi connectivity index (χ2n) is 12.2. The van der Waals surface area contributed by atoms with E-state index in [4.69, 9.17) is 14.7 Å². The summed E-state index contributed by atoms with van der Waals surface area (Å²) in [7, 11) is 2.18. The van der Waals surface area contributed by atoms with Crippen molar-refractivity contribution in [3.8, 4) is 6.01 Å². The van der Waals surface area contributed by atoms with Crippen LogP contribution in [0.15, 0.2) is 49.1 Å². The minimum absolute atomic E-state index is 0.00630. The van der Waals surface area contributed by atoms with Crippen LogP contribution in [-0.4, -0.2) is 72.2 Å². The molecular formula is C33H42N6O2. The number of carbonyl (C=O) groups excluding carboxylic acids is 1. The Balaban J connectivity index is 1.30. The highest BCUT2D eigenvalue weighted by atomic mass is 16.5. The lowest BCUT2D eigenvalue weighted by Gasteiger charge is -2.37. The summed E-state index contributed by atoms with van der Waals surface area (Å²) < 4.78 is 6.40. The summed E-state index contributed by atoms with van der Waals surface area (Å²) >= 11 is 0. The second kappa shape index (κ2) is 11.3. The fraction of sp³-hybridized carbons (Fsp3) is 0.485. The summed E-state index contributed by atoms with van der Waals surface area (Å²) in [4.78, 5) is 29.2. The number of nitrogens with one attached hydrogen (secondary N) is 1. The van der Waals surface area contributed by atoms with Gasteiger partial charge in [0, 0.05) is 42.3 Å². The average Bonchev–Trinajstić information content (AvgIpc) is 3.33. The Morgan fingerprint density at radius 3 is 2.63 bits per heavy atom. The molecule has 0 radical (unpaired) electrons. The number of amides is 1. The van der Waals surface area contributed by atoms with Crippen LogP contribution < -0.4 is 19.9 Å². The van der Waals surface area contributed by atoms with Gasteiger partial charge in [0.05, 0.1) is 17.8 Å². The highest BCUT2D eigenvalue weighted by Crippen LogP contribution is 2.36. The zero-order valence-corrected chi connectivity index (χ0v) is 24.7. The van der Waals surface area contributed by atoms with Crippen molar-refractivity contribution < 1.29 is 9.53 Å². The number of ether oxygens (including phenoxy) is 1. The molecule has 3 aliphatic heterocycles. The number of likely N-dealkylation sites (tertiary alicyclic amines) is 1. The SMILES string of the molecule is C=CC(=O)NC1CCN(c2nc(OCC3(C)CCCN3C)nc3c2CCN(c2cccc4cccc(C)c24)C3)CC1. The third kappa shape index (κ3) is 5.49. The van der Waals surface area contributed by atoms with Crippen molar-refractivity contribution in [2.24, 2.45) is 0 Å². The number of nitrogens with zero attached hydrogens (tertiary/aromatic N) is 5. The quantitative estimate of drug-likeness (QED) is 0.427. The number of carbonyl (C=O) groups is 1. The number of rotatable bonds is 7. The highest BCUT2D eigenvalue weighted by Gasteiger charge is 2.35. The lowest BCUT2D eigenvalue weighted by atomic mass is 9.99. The van der Waals surface area contributed by atoms with Gasteiger partial charge in [0.1, 0.15) is 12.4 Å². The maximum Gasteiger partial charge on any atom is 0.318 e. The second-order valence-corrected chi connectivity index (χ2v) is 12.2. The number of aromatic nitrogens is 2. The van der Waals surface area contributed by atoms with Gasteiger partial charge in [-0.2, -0.15) is 9.97 Å². The van der Waals surface area contributed by atoms with Crippen LogP contribution in [0.1, 0.15) is 49.4 Å². The smallest absolute Gasteiger partial charge is 0.318 e. The van der Waals surface area contributed by atoms with Crippen molar-refractivity contribution in [3.05, 3.63) is 65.9 Å². The molecule has 3 aromatic rings. The molecule has 1 aromatic heterocycles. The van der Waals surface area contributed by atoms with Gasteiger partial charge in [0.25, 0.3) is 0 Å². The van der Waals surface area contributed by atoms with E-state index in [0.717, 1.165) is 69.9 Å². The Kier molecular flexibility index (Phi) is 7.60. The molecule has 8 heteroatoms. The Morgan fingerprint density at radius 1 is 1.12 bits per heavy atom. The van der Waals surface area contributed by atoms with E-state index in [0.29, 0.717) is 12.6 Å². The van der Waals surface area contributed by atoms with E-state index < -0.39 is 0 Å². The summed E-state index contributed by atoms with van der Waals surface area (Å²) in [5.41, 5.74) is 4.81. The van der Waals surface area contributed by atoms with Gasteiger partial charge < -0.3 is 19.9 Å². The molecular weight excluding hydrogens is 512 g/mol. The molecule has 216 valence electrons. The van der Waals surface area contributed by atoms with Crippen LogP contribution in [-0.2, 0) is 17.8 Å². The third-order valence-corrected chi connectivity index (χ3v) is 9.42. The van der Waals surface area contributed by atoms with Crippen molar-refractivity contribution in [3.63, 3.8) is 0 Å². The Hall–Kier alpha value is -3.65. The molecule has 41 heavy (non-hydrogen) atoms. The van der Waals surface area contributed by atoms with Crippen molar-refractivity contribution >= 4 is 28.2 Å². The summed E-state index contributed by atoms with van der Waals surface area (Å²) in [5.74, 6) is 0.893. The van der Waals surface area contributed by atoms with E-state index in [1.54, 1.807) is 0 Å². The van der Waals surface area contributed by atoms with Crippen LogP contribution in [0.2, 0.25) is 0 Å². The predicted molar refractivity (Wildman–Crippen MR) is 165 cm³/mol. The number of anilines is 2.